The van der Waals surface area contributed by atoms with Crippen molar-refractivity contribution in [2.75, 3.05) is 20.8 Å². The molecule has 0 aliphatic heterocycles. The lowest BCUT2D eigenvalue weighted by atomic mass is 10.1. The first-order chi connectivity index (χ1) is 13.1. The van der Waals surface area contributed by atoms with E-state index < -0.39 is 5.97 Å². The van der Waals surface area contributed by atoms with E-state index >= 15 is 0 Å². The smallest absolute Gasteiger partial charge is 0.306 e. The lowest BCUT2D eigenvalue weighted by Gasteiger charge is -2.09. The first-order valence-electron chi connectivity index (χ1n) is 8.36. The van der Waals surface area contributed by atoms with E-state index in [0.29, 0.717) is 23.5 Å². The molecule has 3 aromatic rings. The fourth-order valence-corrected chi connectivity index (χ4v) is 3.51. The molecule has 0 saturated carbocycles. The van der Waals surface area contributed by atoms with Gasteiger partial charge in [0.1, 0.15) is 0 Å². The first kappa shape index (κ1) is 18.8. The number of hydrogen-bond donors (Lipinski definition) is 0. The van der Waals surface area contributed by atoms with Gasteiger partial charge < -0.3 is 14.2 Å². The van der Waals surface area contributed by atoms with Crippen molar-refractivity contribution in [2.45, 2.75) is 12.8 Å². The second-order valence-electron chi connectivity index (χ2n) is 5.73. The van der Waals surface area contributed by atoms with Crippen molar-refractivity contribution < 1.29 is 23.8 Å². The molecule has 0 fully saturated rings. The van der Waals surface area contributed by atoms with Crippen LogP contribution in [-0.4, -0.2) is 37.6 Å². The molecule has 0 saturated heterocycles. The summed E-state index contributed by atoms with van der Waals surface area (Å²) in [6, 6.07) is 12.6. The van der Waals surface area contributed by atoms with Crippen molar-refractivity contribution in [1.82, 2.24) is 4.98 Å². The fraction of sp³-hybridized carbons (Fsp3) is 0.250. The molecule has 0 amide bonds. The van der Waals surface area contributed by atoms with Gasteiger partial charge >= 0.3 is 5.97 Å². The fourth-order valence-electron chi connectivity index (χ4n) is 2.55. The molecule has 3 rings (SSSR count). The van der Waals surface area contributed by atoms with Gasteiger partial charge in [0.15, 0.2) is 23.9 Å². The summed E-state index contributed by atoms with van der Waals surface area (Å²) in [7, 11) is 3.01. The average molecular weight is 385 g/mol. The van der Waals surface area contributed by atoms with Crippen LogP contribution in [0, 0.1) is 0 Å². The van der Waals surface area contributed by atoms with E-state index in [2.05, 4.69) is 4.98 Å². The number of nitrogens with zero attached hydrogens (tertiary/aromatic N) is 1. The van der Waals surface area contributed by atoms with Gasteiger partial charge in [-0.3, -0.25) is 9.59 Å². The zero-order valence-corrected chi connectivity index (χ0v) is 15.9. The van der Waals surface area contributed by atoms with E-state index in [-0.39, 0.29) is 18.8 Å². The van der Waals surface area contributed by atoms with Crippen LogP contribution in [0.25, 0.3) is 10.2 Å². The van der Waals surface area contributed by atoms with E-state index in [9.17, 15) is 9.59 Å². The Morgan fingerprint density at radius 3 is 2.56 bits per heavy atom. The Morgan fingerprint density at radius 2 is 1.81 bits per heavy atom. The van der Waals surface area contributed by atoms with E-state index in [1.54, 1.807) is 29.5 Å². The molecule has 0 unspecified atom stereocenters. The van der Waals surface area contributed by atoms with Gasteiger partial charge in [0, 0.05) is 12.0 Å². The molecule has 2 aromatic carbocycles. The lowest BCUT2D eigenvalue weighted by molar-refractivity contribution is -0.142. The average Bonchev–Trinajstić information content (AvgIpc) is 3.12. The maximum absolute atomic E-state index is 12.2. The number of fused-ring (bicyclic) bond motifs is 1. The van der Waals surface area contributed by atoms with Crippen LogP contribution < -0.4 is 9.47 Å². The summed E-state index contributed by atoms with van der Waals surface area (Å²) in [4.78, 5) is 28.7. The highest BCUT2D eigenvalue weighted by Crippen LogP contribution is 2.27. The second kappa shape index (κ2) is 8.64. The Balaban J connectivity index is 1.51. The van der Waals surface area contributed by atoms with E-state index in [0.717, 1.165) is 15.2 Å². The SMILES string of the molecule is COc1ccc(C(=O)COC(=O)CCc2nc3ccccc3s2)cc1OC. The highest BCUT2D eigenvalue weighted by Gasteiger charge is 2.14. The number of hydrogen-bond acceptors (Lipinski definition) is 7. The monoisotopic (exact) mass is 385 g/mol. The zero-order chi connectivity index (χ0) is 19.2. The van der Waals surface area contributed by atoms with E-state index in [1.165, 1.54) is 14.2 Å². The molecule has 0 aliphatic carbocycles. The number of rotatable bonds is 8. The third-order valence-corrected chi connectivity index (χ3v) is 5.05. The summed E-state index contributed by atoms with van der Waals surface area (Å²) in [5, 5.41) is 0.874. The number of Topliss-reactive ketones (excluding diaryl/α,β-unsaturated/α-hetero) is 1. The van der Waals surface area contributed by atoms with E-state index in [4.69, 9.17) is 14.2 Å². The molecule has 0 radical (unpaired) electrons. The number of ketones is 1. The molecule has 0 spiro atoms. The quantitative estimate of drug-likeness (QED) is 0.435. The van der Waals surface area contributed by atoms with Crippen LogP contribution in [-0.2, 0) is 16.0 Å². The van der Waals surface area contributed by atoms with Crippen LogP contribution in [0.2, 0.25) is 0 Å². The maximum atomic E-state index is 12.2. The lowest BCUT2D eigenvalue weighted by Crippen LogP contribution is -2.14. The number of aromatic nitrogens is 1. The number of aryl methyl sites for hydroxylation is 1. The number of ether oxygens (including phenoxy) is 3. The molecule has 0 N–H and O–H groups in total. The Morgan fingerprint density at radius 1 is 1.04 bits per heavy atom. The summed E-state index contributed by atoms with van der Waals surface area (Å²) in [5.41, 5.74) is 1.32. The standard InChI is InChI=1S/C20H19NO5S/c1-24-16-8-7-13(11-17(16)25-2)15(22)12-26-20(23)10-9-19-21-14-5-3-4-6-18(14)27-19/h3-8,11H,9-10,12H2,1-2H3. The van der Waals surface area contributed by atoms with Gasteiger partial charge in [-0.15, -0.1) is 11.3 Å². The summed E-state index contributed by atoms with van der Waals surface area (Å²) in [6.07, 6.45) is 0.668. The van der Waals surface area contributed by atoms with Crippen LogP contribution in [0.4, 0.5) is 0 Å². The third kappa shape index (κ3) is 4.62. The van der Waals surface area contributed by atoms with Crippen molar-refractivity contribution in [3.05, 3.63) is 53.0 Å². The predicted molar refractivity (Wildman–Crippen MR) is 103 cm³/mol. The summed E-state index contributed by atoms with van der Waals surface area (Å²) in [5.74, 6) is 0.250. The van der Waals surface area contributed by atoms with Crippen molar-refractivity contribution in [2.24, 2.45) is 0 Å². The Labute approximate surface area is 160 Å². The highest BCUT2D eigenvalue weighted by molar-refractivity contribution is 7.18. The zero-order valence-electron chi connectivity index (χ0n) is 15.1. The van der Waals surface area contributed by atoms with Crippen molar-refractivity contribution >= 4 is 33.3 Å². The molecule has 0 aliphatic rings. The van der Waals surface area contributed by atoms with E-state index in [1.807, 2.05) is 24.3 Å². The molecule has 1 aromatic heterocycles. The van der Waals surface area contributed by atoms with Crippen LogP contribution in [0.5, 0.6) is 11.5 Å². The number of carbonyl (C=O) groups is 2. The minimum Gasteiger partial charge on any atom is -0.493 e. The van der Waals surface area contributed by atoms with Gasteiger partial charge in [0.25, 0.3) is 0 Å². The van der Waals surface area contributed by atoms with Gasteiger partial charge in [-0.1, -0.05) is 12.1 Å². The molecule has 27 heavy (non-hydrogen) atoms. The summed E-state index contributed by atoms with van der Waals surface area (Å²) in [6.45, 7) is -0.311. The molecular formula is C20H19NO5S. The molecule has 7 heteroatoms. The Kier molecular flexibility index (Phi) is 6.03. The first-order valence-corrected chi connectivity index (χ1v) is 9.17. The highest BCUT2D eigenvalue weighted by atomic mass is 32.1. The van der Waals surface area contributed by atoms with Gasteiger partial charge in [-0.2, -0.15) is 0 Å². The second-order valence-corrected chi connectivity index (χ2v) is 6.84. The van der Waals surface area contributed by atoms with Crippen LogP contribution in [0.15, 0.2) is 42.5 Å². The van der Waals surface area contributed by atoms with Crippen molar-refractivity contribution in [1.29, 1.82) is 0 Å². The number of thiazole rings is 1. The number of carbonyl (C=O) groups excluding carboxylic acids is 2. The Hall–Kier alpha value is -2.93. The number of para-hydroxylation sites is 1. The topological polar surface area (TPSA) is 74.7 Å². The van der Waals surface area contributed by atoms with Crippen LogP contribution in [0.3, 0.4) is 0 Å². The molecular weight excluding hydrogens is 366 g/mol. The largest absolute Gasteiger partial charge is 0.493 e. The maximum Gasteiger partial charge on any atom is 0.306 e. The normalized spacial score (nSPS) is 10.6. The summed E-state index contributed by atoms with van der Waals surface area (Å²) < 4.78 is 16.5. The van der Waals surface area contributed by atoms with Crippen LogP contribution >= 0.6 is 11.3 Å². The minimum atomic E-state index is -0.428. The van der Waals surface area contributed by atoms with Gasteiger partial charge in [0.05, 0.1) is 35.9 Å². The summed E-state index contributed by atoms with van der Waals surface area (Å²) >= 11 is 1.56. The number of benzene rings is 2. The molecule has 6 nitrogen and oxygen atoms in total. The third-order valence-electron chi connectivity index (χ3n) is 3.95. The molecule has 0 bridgehead atoms. The molecule has 140 valence electrons. The van der Waals surface area contributed by atoms with Crippen molar-refractivity contribution in [3.8, 4) is 11.5 Å². The molecule has 1 heterocycles. The molecule has 0 atom stereocenters. The van der Waals surface area contributed by atoms with Gasteiger partial charge in [-0.25, -0.2) is 4.98 Å². The number of esters is 1. The predicted octanol–water partition coefficient (Wildman–Crippen LogP) is 3.67. The minimum absolute atomic E-state index is 0.180. The number of methoxy groups -OCH3 is 2. The Bertz CT molecular complexity index is 933. The van der Waals surface area contributed by atoms with Crippen LogP contribution in [0.1, 0.15) is 21.8 Å². The van der Waals surface area contributed by atoms with Gasteiger partial charge in [0.2, 0.25) is 0 Å². The van der Waals surface area contributed by atoms with Gasteiger partial charge in [-0.05, 0) is 30.3 Å². The van der Waals surface area contributed by atoms with Crippen molar-refractivity contribution in [3.63, 3.8) is 0 Å².